The standard InChI is InChI=1S/C25H24N2O4/c1-26-25(30)27-24(29)23(20-15-9-4-10-16-20)31-22(28)17-21(18-11-5-2-6-12-18)19-13-7-3-8-14-19/h2-16,21,23H,17H2,1H3,(H2,26,27,29,30)/t23-/m0/s1. The molecule has 0 unspecified atom stereocenters. The van der Waals surface area contributed by atoms with Crippen LogP contribution in [0.1, 0.15) is 35.1 Å². The highest BCUT2D eigenvalue weighted by Gasteiger charge is 2.28. The van der Waals surface area contributed by atoms with Crippen LogP contribution in [0.3, 0.4) is 0 Å². The fraction of sp³-hybridized carbons (Fsp3) is 0.160. The molecule has 1 atom stereocenters. The van der Waals surface area contributed by atoms with Crippen molar-refractivity contribution in [2.45, 2.75) is 18.4 Å². The first-order chi connectivity index (χ1) is 15.1. The molecule has 158 valence electrons. The lowest BCUT2D eigenvalue weighted by Gasteiger charge is -2.21. The van der Waals surface area contributed by atoms with E-state index in [1.54, 1.807) is 30.3 Å². The number of carbonyl (C=O) groups is 3. The van der Waals surface area contributed by atoms with Crippen LogP contribution in [0.4, 0.5) is 4.79 Å². The molecule has 6 nitrogen and oxygen atoms in total. The summed E-state index contributed by atoms with van der Waals surface area (Å²) in [6.07, 6.45) is -1.19. The number of ether oxygens (including phenoxy) is 1. The number of imide groups is 1. The molecule has 0 aliphatic heterocycles. The summed E-state index contributed by atoms with van der Waals surface area (Å²) >= 11 is 0. The Labute approximate surface area is 181 Å². The molecule has 0 saturated carbocycles. The molecule has 0 spiro atoms. The number of benzene rings is 3. The lowest BCUT2D eigenvalue weighted by molar-refractivity contribution is -0.156. The predicted octanol–water partition coefficient (Wildman–Crippen LogP) is 3.95. The van der Waals surface area contributed by atoms with Crippen LogP contribution in [0.15, 0.2) is 91.0 Å². The van der Waals surface area contributed by atoms with E-state index < -0.39 is 24.0 Å². The van der Waals surface area contributed by atoms with Crippen LogP contribution in [-0.4, -0.2) is 25.0 Å². The summed E-state index contributed by atoms with van der Waals surface area (Å²) in [4.78, 5) is 37.2. The molecule has 0 saturated heterocycles. The van der Waals surface area contributed by atoms with Crippen LogP contribution < -0.4 is 10.6 Å². The molecule has 0 bridgehead atoms. The summed E-state index contributed by atoms with van der Waals surface area (Å²) in [7, 11) is 1.40. The molecule has 3 aromatic carbocycles. The van der Waals surface area contributed by atoms with Crippen molar-refractivity contribution in [3.63, 3.8) is 0 Å². The minimum absolute atomic E-state index is 0.0462. The van der Waals surface area contributed by atoms with Crippen molar-refractivity contribution in [1.82, 2.24) is 10.6 Å². The molecule has 0 heterocycles. The van der Waals surface area contributed by atoms with Crippen LogP contribution in [-0.2, 0) is 14.3 Å². The Kier molecular flexibility index (Phi) is 7.54. The van der Waals surface area contributed by atoms with E-state index in [2.05, 4.69) is 10.6 Å². The minimum atomic E-state index is -1.24. The highest BCUT2D eigenvalue weighted by atomic mass is 16.5. The van der Waals surface area contributed by atoms with Gasteiger partial charge in [0.15, 0.2) is 0 Å². The zero-order chi connectivity index (χ0) is 22.1. The van der Waals surface area contributed by atoms with Crippen molar-refractivity contribution >= 4 is 17.9 Å². The number of hydrogen-bond acceptors (Lipinski definition) is 4. The first-order valence-corrected chi connectivity index (χ1v) is 9.95. The quantitative estimate of drug-likeness (QED) is 0.571. The van der Waals surface area contributed by atoms with E-state index in [1.165, 1.54) is 7.05 Å². The first kappa shape index (κ1) is 21.8. The third-order valence-corrected chi connectivity index (χ3v) is 4.83. The summed E-state index contributed by atoms with van der Waals surface area (Å²) < 4.78 is 5.59. The monoisotopic (exact) mass is 416 g/mol. The second kappa shape index (κ2) is 10.7. The maximum absolute atomic E-state index is 12.9. The Morgan fingerprint density at radius 1 is 0.742 bits per heavy atom. The smallest absolute Gasteiger partial charge is 0.321 e. The largest absolute Gasteiger partial charge is 0.447 e. The fourth-order valence-corrected chi connectivity index (χ4v) is 3.29. The summed E-state index contributed by atoms with van der Waals surface area (Å²) in [6.45, 7) is 0. The van der Waals surface area contributed by atoms with Gasteiger partial charge in [0.2, 0.25) is 6.10 Å². The topological polar surface area (TPSA) is 84.5 Å². The van der Waals surface area contributed by atoms with Crippen LogP contribution in [0, 0.1) is 0 Å². The fourth-order valence-electron chi connectivity index (χ4n) is 3.29. The number of carbonyl (C=O) groups excluding carboxylic acids is 3. The molecular formula is C25H24N2O4. The lowest BCUT2D eigenvalue weighted by atomic mass is 9.88. The Bertz CT molecular complexity index is 968. The van der Waals surface area contributed by atoms with Gasteiger partial charge in [-0.25, -0.2) is 4.79 Å². The van der Waals surface area contributed by atoms with Gasteiger partial charge in [-0.3, -0.25) is 14.9 Å². The van der Waals surface area contributed by atoms with Crippen molar-refractivity contribution in [2.75, 3.05) is 7.05 Å². The molecule has 3 rings (SSSR count). The number of rotatable bonds is 7. The van der Waals surface area contributed by atoms with E-state index >= 15 is 0 Å². The Balaban J connectivity index is 1.82. The molecule has 0 radical (unpaired) electrons. The third-order valence-electron chi connectivity index (χ3n) is 4.83. The highest BCUT2D eigenvalue weighted by Crippen LogP contribution is 2.29. The van der Waals surface area contributed by atoms with E-state index in [1.807, 2.05) is 60.7 Å². The van der Waals surface area contributed by atoms with Crippen LogP contribution in [0.25, 0.3) is 0 Å². The van der Waals surface area contributed by atoms with Crippen molar-refractivity contribution < 1.29 is 19.1 Å². The van der Waals surface area contributed by atoms with Gasteiger partial charge in [0.25, 0.3) is 5.91 Å². The molecule has 3 aromatic rings. The third kappa shape index (κ3) is 6.02. The van der Waals surface area contributed by atoms with Gasteiger partial charge < -0.3 is 10.1 Å². The maximum Gasteiger partial charge on any atom is 0.321 e. The second-order valence-electron chi connectivity index (χ2n) is 6.93. The molecule has 0 aliphatic carbocycles. The van der Waals surface area contributed by atoms with E-state index in [0.29, 0.717) is 5.56 Å². The first-order valence-electron chi connectivity index (χ1n) is 9.95. The van der Waals surface area contributed by atoms with Gasteiger partial charge in [-0.1, -0.05) is 91.0 Å². The van der Waals surface area contributed by atoms with E-state index in [0.717, 1.165) is 11.1 Å². The zero-order valence-electron chi connectivity index (χ0n) is 17.2. The van der Waals surface area contributed by atoms with Gasteiger partial charge in [-0.15, -0.1) is 0 Å². The van der Waals surface area contributed by atoms with Crippen molar-refractivity contribution in [3.05, 3.63) is 108 Å². The highest BCUT2D eigenvalue weighted by molar-refractivity contribution is 5.97. The van der Waals surface area contributed by atoms with Gasteiger partial charge in [0.1, 0.15) is 0 Å². The summed E-state index contributed by atoms with van der Waals surface area (Å²) in [5.74, 6) is -1.48. The van der Waals surface area contributed by atoms with Crippen LogP contribution >= 0.6 is 0 Å². The Morgan fingerprint density at radius 3 is 1.65 bits per heavy atom. The molecule has 3 amide bonds. The number of esters is 1. The maximum atomic E-state index is 12.9. The van der Waals surface area contributed by atoms with Crippen LogP contribution in [0.2, 0.25) is 0 Å². The molecule has 0 aromatic heterocycles. The number of amides is 3. The Hall–Kier alpha value is -3.93. The number of urea groups is 1. The van der Waals surface area contributed by atoms with Gasteiger partial charge in [-0.05, 0) is 11.1 Å². The molecule has 0 fully saturated rings. The zero-order valence-corrected chi connectivity index (χ0v) is 17.2. The average Bonchev–Trinajstić information content (AvgIpc) is 2.82. The van der Waals surface area contributed by atoms with E-state index in [4.69, 9.17) is 4.74 Å². The molecule has 6 heteroatoms. The molecule has 2 N–H and O–H groups in total. The molecule has 0 aliphatic rings. The van der Waals surface area contributed by atoms with Gasteiger partial charge in [-0.2, -0.15) is 0 Å². The van der Waals surface area contributed by atoms with Gasteiger partial charge >= 0.3 is 12.0 Å². The summed E-state index contributed by atoms with van der Waals surface area (Å²) in [6, 6.07) is 27.3. The molecule has 31 heavy (non-hydrogen) atoms. The number of hydrogen-bond donors (Lipinski definition) is 2. The minimum Gasteiger partial charge on any atom is -0.447 e. The number of nitrogens with one attached hydrogen (secondary N) is 2. The second-order valence-corrected chi connectivity index (χ2v) is 6.93. The van der Waals surface area contributed by atoms with Gasteiger partial charge in [0.05, 0.1) is 6.42 Å². The summed E-state index contributed by atoms with van der Waals surface area (Å²) in [5.41, 5.74) is 2.42. The van der Waals surface area contributed by atoms with Crippen molar-refractivity contribution in [3.8, 4) is 0 Å². The average molecular weight is 416 g/mol. The predicted molar refractivity (Wildman–Crippen MR) is 117 cm³/mol. The Morgan fingerprint density at radius 2 is 1.19 bits per heavy atom. The summed E-state index contributed by atoms with van der Waals surface area (Å²) in [5, 5.41) is 4.50. The lowest BCUT2D eigenvalue weighted by Crippen LogP contribution is -2.41. The van der Waals surface area contributed by atoms with Crippen molar-refractivity contribution in [2.24, 2.45) is 0 Å². The van der Waals surface area contributed by atoms with Gasteiger partial charge in [0, 0.05) is 18.5 Å². The van der Waals surface area contributed by atoms with Crippen molar-refractivity contribution in [1.29, 1.82) is 0 Å². The normalized spacial score (nSPS) is 11.4. The van der Waals surface area contributed by atoms with Crippen LogP contribution in [0.5, 0.6) is 0 Å². The SMILES string of the molecule is CNC(=O)NC(=O)[C@@H](OC(=O)CC(c1ccccc1)c1ccccc1)c1ccccc1. The molecular weight excluding hydrogens is 392 g/mol. The van der Waals surface area contributed by atoms with E-state index in [9.17, 15) is 14.4 Å². The van der Waals surface area contributed by atoms with E-state index in [-0.39, 0.29) is 12.3 Å².